The Labute approximate surface area is 129 Å². The number of likely N-dealkylation sites (tertiary alicyclic amines) is 1. The van der Waals surface area contributed by atoms with Crippen molar-refractivity contribution in [1.29, 1.82) is 0 Å². The first-order chi connectivity index (χ1) is 10.1. The second kappa shape index (κ2) is 7.90. The molecule has 0 spiro atoms. The van der Waals surface area contributed by atoms with Crippen molar-refractivity contribution in [2.45, 2.75) is 53.1 Å². The lowest BCUT2D eigenvalue weighted by atomic mass is 9.98. The number of nitrogens with one attached hydrogen (secondary N) is 1. The molecule has 2 rings (SSSR count). The zero-order chi connectivity index (χ0) is 15.2. The van der Waals surface area contributed by atoms with Gasteiger partial charge in [-0.3, -0.25) is 4.90 Å². The summed E-state index contributed by atoms with van der Waals surface area (Å²) >= 11 is 0. The van der Waals surface area contributed by atoms with Crippen molar-refractivity contribution < 1.29 is 0 Å². The molecule has 1 saturated heterocycles. The van der Waals surface area contributed by atoms with Gasteiger partial charge < -0.3 is 5.32 Å². The van der Waals surface area contributed by atoms with E-state index in [2.05, 4.69) is 48.0 Å². The van der Waals surface area contributed by atoms with E-state index in [0.29, 0.717) is 6.04 Å². The predicted molar refractivity (Wildman–Crippen MR) is 86.1 cm³/mol. The van der Waals surface area contributed by atoms with Crippen LogP contribution in [-0.2, 0) is 6.54 Å². The summed E-state index contributed by atoms with van der Waals surface area (Å²) in [6, 6.07) is 0.385. The zero-order valence-corrected chi connectivity index (χ0v) is 14.0. The van der Waals surface area contributed by atoms with Crippen LogP contribution in [-0.4, -0.2) is 45.8 Å². The largest absolute Gasteiger partial charge is 0.316 e. The van der Waals surface area contributed by atoms with Gasteiger partial charge in [0.1, 0.15) is 12.2 Å². The van der Waals surface area contributed by atoms with E-state index in [0.717, 1.165) is 37.3 Å². The van der Waals surface area contributed by atoms with Crippen LogP contribution in [0.2, 0.25) is 0 Å². The zero-order valence-electron chi connectivity index (χ0n) is 14.0. The molecule has 1 unspecified atom stereocenters. The quantitative estimate of drug-likeness (QED) is 0.838. The molecule has 1 aliphatic heterocycles. The number of hydrogen-bond acceptors (Lipinski definition) is 4. The molecule has 1 atom stereocenters. The molecular formula is C16H31N5. The third-order valence-corrected chi connectivity index (χ3v) is 4.09. The van der Waals surface area contributed by atoms with Gasteiger partial charge in [-0.15, -0.1) is 0 Å². The van der Waals surface area contributed by atoms with Gasteiger partial charge in [-0.2, -0.15) is 5.10 Å². The van der Waals surface area contributed by atoms with E-state index in [9.17, 15) is 0 Å². The Kier molecular flexibility index (Phi) is 6.18. The lowest BCUT2D eigenvalue weighted by molar-refractivity contribution is 0.158. The molecule has 0 aliphatic carbocycles. The molecule has 120 valence electrons. The monoisotopic (exact) mass is 293 g/mol. The SMILES string of the molecule is CC(C)CNCC1CCCN(Cc2ncnn2C(C)C)C1. The van der Waals surface area contributed by atoms with Gasteiger partial charge in [-0.1, -0.05) is 13.8 Å². The van der Waals surface area contributed by atoms with E-state index in [1.165, 1.54) is 25.9 Å². The average Bonchev–Trinajstić information content (AvgIpc) is 2.87. The molecule has 5 heteroatoms. The maximum absolute atomic E-state index is 4.44. The van der Waals surface area contributed by atoms with Gasteiger partial charge in [-0.25, -0.2) is 9.67 Å². The molecule has 0 radical (unpaired) electrons. The molecule has 0 saturated carbocycles. The van der Waals surface area contributed by atoms with Crippen LogP contribution < -0.4 is 5.32 Å². The highest BCUT2D eigenvalue weighted by Crippen LogP contribution is 2.18. The first kappa shape index (κ1) is 16.4. The van der Waals surface area contributed by atoms with E-state index in [-0.39, 0.29) is 0 Å². The van der Waals surface area contributed by atoms with Crippen molar-refractivity contribution >= 4 is 0 Å². The summed E-state index contributed by atoms with van der Waals surface area (Å²) in [4.78, 5) is 6.97. The number of nitrogens with zero attached hydrogens (tertiary/aromatic N) is 4. The Morgan fingerprint density at radius 1 is 1.33 bits per heavy atom. The van der Waals surface area contributed by atoms with Gasteiger partial charge in [0.15, 0.2) is 0 Å². The summed E-state index contributed by atoms with van der Waals surface area (Å²) < 4.78 is 2.04. The van der Waals surface area contributed by atoms with Gasteiger partial charge in [0.05, 0.1) is 6.54 Å². The maximum Gasteiger partial charge on any atom is 0.141 e. The van der Waals surface area contributed by atoms with Crippen molar-refractivity contribution in [3.05, 3.63) is 12.2 Å². The minimum absolute atomic E-state index is 0.385. The Morgan fingerprint density at radius 2 is 2.14 bits per heavy atom. The Balaban J connectivity index is 1.82. The van der Waals surface area contributed by atoms with Crippen LogP contribution in [0.5, 0.6) is 0 Å². The molecule has 5 nitrogen and oxygen atoms in total. The molecule has 1 aromatic rings. The summed E-state index contributed by atoms with van der Waals surface area (Å²) in [5.41, 5.74) is 0. The summed E-state index contributed by atoms with van der Waals surface area (Å²) in [5, 5.41) is 7.94. The van der Waals surface area contributed by atoms with Gasteiger partial charge in [0.25, 0.3) is 0 Å². The number of hydrogen-bond donors (Lipinski definition) is 1. The van der Waals surface area contributed by atoms with E-state index in [1.807, 2.05) is 4.68 Å². The number of piperidine rings is 1. The van der Waals surface area contributed by atoms with Crippen molar-refractivity contribution in [2.24, 2.45) is 11.8 Å². The predicted octanol–water partition coefficient (Wildman–Crippen LogP) is 2.32. The van der Waals surface area contributed by atoms with E-state index >= 15 is 0 Å². The van der Waals surface area contributed by atoms with E-state index < -0.39 is 0 Å². The van der Waals surface area contributed by atoms with Crippen LogP contribution in [0.4, 0.5) is 0 Å². The highest BCUT2D eigenvalue weighted by molar-refractivity contribution is 4.88. The van der Waals surface area contributed by atoms with Crippen molar-refractivity contribution in [3.8, 4) is 0 Å². The lowest BCUT2D eigenvalue weighted by Gasteiger charge is -2.32. The second-order valence-electron chi connectivity index (χ2n) is 7.01. The number of rotatable bonds is 7. The van der Waals surface area contributed by atoms with Crippen LogP contribution in [0.1, 0.15) is 52.4 Å². The maximum atomic E-state index is 4.44. The minimum atomic E-state index is 0.385. The highest BCUT2D eigenvalue weighted by Gasteiger charge is 2.21. The summed E-state index contributed by atoms with van der Waals surface area (Å²) in [6.07, 6.45) is 4.32. The molecule has 2 heterocycles. The molecule has 1 fully saturated rings. The standard InChI is InChI=1S/C16H31N5/c1-13(2)8-17-9-15-6-5-7-20(10-15)11-16-18-12-19-21(16)14(3)4/h12-15,17H,5-11H2,1-4H3. The van der Waals surface area contributed by atoms with Gasteiger partial charge in [-0.05, 0) is 58.2 Å². The normalized spacial score (nSPS) is 20.6. The van der Waals surface area contributed by atoms with E-state index in [4.69, 9.17) is 0 Å². The average molecular weight is 293 g/mol. The van der Waals surface area contributed by atoms with Crippen LogP contribution in [0.25, 0.3) is 0 Å². The Hall–Kier alpha value is -0.940. The van der Waals surface area contributed by atoms with Crippen LogP contribution >= 0.6 is 0 Å². The fourth-order valence-corrected chi connectivity index (χ4v) is 3.06. The Bertz CT molecular complexity index is 413. The molecule has 0 aromatic carbocycles. The van der Waals surface area contributed by atoms with Crippen molar-refractivity contribution in [3.63, 3.8) is 0 Å². The highest BCUT2D eigenvalue weighted by atomic mass is 15.4. The topological polar surface area (TPSA) is 46.0 Å². The summed E-state index contributed by atoms with van der Waals surface area (Å²) in [7, 11) is 0. The number of aromatic nitrogens is 3. The minimum Gasteiger partial charge on any atom is -0.316 e. The molecule has 1 N–H and O–H groups in total. The lowest BCUT2D eigenvalue weighted by Crippen LogP contribution is -2.40. The molecule has 1 aliphatic rings. The van der Waals surface area contributed by atoms with Crippen molar-refractivity contribution in [1.82, 2.24) is 25.0 Å². The first-order valence-electron chi connectivity index (χ1n) is 8.37. The van der Waals surface area contributed by atoms with Crippen LogP contribution in [0, 0.1) is 11.8 Å². The fourth-order valence-electron chi connectivity index (χ4n) is 3.06. The van der Waals surface area contributed by atoms with E-state index in [1.54, 1.807) is 6.33 Å². The van der Waals surface area contributed by atoms with Crippen molar-refractivity contribution in [2.75, 3.05) is 26.2 Å². The molecular weight excluding hydrogens is 262 g/mol. The van der Waals surface area contributed by atoms with Gasteiger partial charge in [0, 0.05) is 12.6 Å². The van der Waals surface area contributed by atoms with Crippen LogP contribution in [0.15, 0.2) is 6.33 Å². The second-order valence-corrected chi connectivity index (χ2v) is 7.01. The van der Waals surface area contributed by atoms with Gasteiger partial charge >= 0.3 is 0 Å². The first-order valence-corrected chi connectivity index (χ1v) is 8.37. The molecule has 21 heavy (non-hydrogen) atoms. The molecule has 0 amide bonds. The third kappa shape index (κ3) is 5.08. The van der Waals surface area contributed by atoms with Gasteiger partial charge in [0.2, 0.25) is 0 Å². The van der Waals surface area contributed by atoms with Crippen LogP contribution in [0.3, 0.4) is 0 Å². The fraction of sp³-hybridized carbons (Fsp3) is 0.875. The summed E-state index contributed by atoms with van der Waals surface area (Å²) in [5.74, 6) is 2.60. The smallest absolute Gasteiger partial charge is 0.141 e. The molecule has 1 aromatic heterocycles. The third-order valence-electron chi connectivity index (χ3n) is 4.09. The Morgan fingerprint density at radius 3 is 2.86 bits per heavy atom. The molecule has 0 bridgehead atoms. The summed E-state index contributed by atoms with van der Waals surface area (Å²) in [6.45, 7) is 14.4.